The van der Waals surface area contributed by atoms with Crippen LogP contribution in [0.4, 0.5) is 5.69 Å². The fourth-order valence-corrected chi connectivity index (χ4v) is 3.22. The van der Waals surface area contributed by atoms with Crippen LogP contribution in [0.25, 0.3) is 0 Å². The molecule has 0 saturated carbocycles. The number of pyridine rings is 1. The van der Waals surface area contributed by atoms with Crippen molar-refractivity contribution < 1.29 is 9.59 Å². The van der Waals surface area contributed by atoms with Crippen molar-refractivity contribution in [3.8, 4) is 0 Å². The largest absolute Gasteiger partial charge is 0.368 e. The van der Waals surface area contributed by atoms with Gasteiger partial charge in [0.25, 0.3) is 11.8 Å². The van der Waals surface area contributed by atoms with Gasteiger partial charge in [0.2, 0.25) is 0 Å². The SMILES string of the molecule is CCCNC(=O)c1cc(C(=O)N2CCN(c3cccc(Cl)c3)CC2)ccn1. The second kappa shape index (κ2) is 8.86. The van der Waals surface area contributed by atoms with Gasteiger partial charge in [-0.05, 0) is 36.8 Å². The first kappa shape index (κ1) is 19.2. The van der Waals surface area contributed by atoms with Crippen LogP contribution < -0.4 is 10.2 Å². The summed E-state index contributed by atoms with van der Waals surface area (Å²) in [6, 6.07) is 11.0. The van der Waals surface area contributed by atoms with Gasteiger partial charge in [-0.15, -0.1) is 0 Å². The number of piperazine rings is 1. The minimum atomic E-state index is -0.253. The molecule has 1 aromatic heterocycles. The molecule has 1 aliphatic heterocycles. The normalized spacial score (nSPS) is 14.1. The molecule has 1 N–H and O–H groups in total. The highest BCUT2D eigenvalue weighted by atomic mass is 35.5. The van der Waals surface area contributed by atoms with Crippen LogP contribution in [0.3, 0.4) is 0 Å². The molecule has 1 saturated heterocycles. The predicted octanol–water partition coefficient (Wildman–Crippen LogP) is 2.84. The standard InChI is InChI=1S/C20H23ClN4O2/c1-2-7-23-19(26)18-13-15(6-8-22-18)20(27)25-11-9-24(10-12-25)17-5-3-4-16(21)14-17/h3-6,8,13-14H,2,7,9-12H2,1H3,(H,23,26). The zero-order chi connectivity index (χ0) is 19.2. The Morgan fingerprint density at radius 3 is 2.63 bits per heavy atom. The Kier molecular flexibility index (Phi) is 6.29. The summed E-state index contributed by atoms with van der Waals surface area (Å²) in [5.41, 5.74) is 1.82. The summed E-state index contributed by atoms with van der Waals surface area (Å²) in [6.07, 6.45) is 2.36. The molecule has 1 fully saturated rings. The van der Waals surface area contributed by atoms with E-state index in [0.29, 0.717) is 30.2 Å². The van der Waals surface area contributed by atoms with Crippen LogP contribution in [-0.2, 0) is 0 Å². The van der Waals surface area contributed by atoms with E-state index in [2.05, 4.69) is 15.2 Å². The summed E-state index contributed by atoms with van der Waals surface area (Å²) in [6.45, 7) is 5.28. The van der Waals surface area contributed by atoms with E-state index < -0.39 is 0 Å². The van der Waals surface area contributed by atoms with Gasteiger partial charge in [0, 0.05) is 55.2 Å². The third kappa shape index (κ3) is 4.77. The molecule has 7 heteroatoms. The first-order valence-corrected chi connectivity index (χ1v) is 9.50. The van der Waals surface area contributed by atoms with Crippen LogP contribution in [-0.4, -0.2) is 54.4 Å². The van der Waals surface area contributed by atoms with E-state index in [4.69, 9.17) is 11.6 Å². The fourth-order valence-electron chi connectivity index (χ4n) is 3.04. The molecule has 0 radical (unpaired) electrons. The Morgan fingerprint density at radius 2 is 1.93 bits per heavy atom. The smallest absolute Gasteiger partial charge is 0.269 e. The highest BCUT2D eigenvalue weighted by molar-refractivity contribution is 6.30. The number of rotatable bonds is 5. The summed E-state index contributed by atoms with van der Waals surface area (Å²) in [5, 5.41) is 3.48. The van der Waals surface area contributed by atoms with Crippen molar-refractivity contribution in [3.63, 3.8) is 0 Å². The van der Waals surface area contributed by atoms with Crippen molar-refractivity contribution in [2.45, 2.75) is 13.3 Å². The van der Waals surface area contributed by atoms with Crippen LogP contribution in [0.15, 0.2) is 42.6 Å². The highest BCUT2D eigenvalue weighted by Crippen LogP contribution is 2.21. The van der Waals surface area contributed by atoms with E-state index in [9.17, 15) is 9.59 Å². The summed E-state index contributed by atoms with van der Waals surface area (Å²) in [4.78, 5) is 33.0. The number of aromatic nitrogens is 1. The Labute approximate surface area is 164 Å². The van der Waals surface area contributed by atoms with Crippen molar-refractivity contribution in [2.75, 3.05) is 37.6 Å². The Hall–Kier alpha value is -2.60. The van der Waals surface area contributed by atoms with Crippen molar-refractivity contribution in [1.29, 1.82) is 0 Å². The molecule has 3 rings (SSSR count). The maximum absolute atomic E-state index is 12.8. The first-order valence-electron chi connectivity index (χ1n) is 9.12. The van der Waals surface area contributed by atoms with E-state index in [1.807, 2.05) is 36.1 Å². The van der Waals surface area contributed by atoms with Crippen LogP contribution in [0.5, 0.6) is 0 Å². The number of nitrogens with zero attached hydrogens (tertiary/aromatic N) is 3. The Morgan fingerprint density at radius 1 is 1.15 bits per heavy atom. The van der Waals surface area contributed by atoms with Gasteiger partial charge in [-0.25, -0.2) is 0 Å². The summed E-state index contributed by atoms with van der Waals surface area (Å²) in [5.74, 6) is -0.329. The topological polar surface area (TPSA) is 65.5 Å². The molecule has 0 atom stereocenters. The zero-order valence-electron chi connectivity index (χ0n) is 15.3. The van der Waals surface area contributed by atoms with Crippen molar-refractivity contribution in [3.05, 3.63) is 58.9 Å². The van der Waals surface area contributed by atoms with Gasteiger partial charge in [-0.2, -0.15) is 0 Å². The van der Waals surface area contributed by atoms with Gasteiger partial charge in [0.05, 0.1) is 0 Å². The van der Waals surface area contributed by atoms with Gasteiger partial charge < -0.3 is 15.1 Å². The van der Waals surface area contributed by atoms with Gasteiger partial charge in [0.15, 0.2) is 0 Å². The number of carbonyl (C=O) groups excluding carboxylic acids is 2. The number of hydrogen-bond donors (Lipinski definition) is 1. The number of carbonyl (C=O) groups is 2. The molecule has 142 valence electrons. The van der Waals surface area contributed by atoms with E-state index in [-0.39, 0.29) is 17.5 Å². The van der Waals surface area contributed by atoms with E-state index in [1.165, 1.54) is 6.20 Å². The quantitative estimate of drug-likeness (QED) is 0.858. The van der Waals surface area contributed by atoms with Crippen LogP contribution >= 0.6 is 11.6 Å². The maximum Gasteiger partial charge on any atom is 0.269 e. The molecule has 1 aromatic carbocycles. The zero-order valence-corrected chi connectivity index (χ0v) is 16.1. The summed E-state index contributed by atoms with van der Waals surface area (Å²) in [7, 11) is 0. The van der Waals surface area contributed by atoms with Crippen LogP contribution in [0.2, 0.25) is 5.02 Å². The minimum Gasteiger partial charge on any atom is -0.368 e. The Balaban J connectivity index is 1.63. The number of amides is 2. The van der Waals surface area contributed by atoms with Crippen molar-refractivity contribution >= 4 is 29.1 Å². The molecule has 0 unspecified atom stereocenters. The third-order valence-electron chi connectivity index (χ3n) is 4.52. The molecule has 2 amide bonds. The van der Waals surface area contributed by atoms with E-state index >= 15 is 0 Å². The average molecular weight is 387 g/mol. The summed E-state index contributed by atoms with van der Waals surface area (Å²) < 4.78 is 0. The minimum absolute atomic E-state index is 0.0762. The predicted molar refractivity (Wildman–Crippen MR) is 106 cm³/mol. The first-order chi connectivity index (χ1) is 13.1. The lowest BCUT2D eigenvalue weighted by Gasteiger charge is -2.36. The van der Waals surface area contributed by atoms with Gasteiger partial charge in [-0.1, -0.05) is 24.6 Å². The molecule has 1 aliphatic rings. The van der Waals surface area contributed by atoms with E-state index in [0.717, 1.165) is 25.2 Å². The number of nitrogens with one attached hydrogen (secondary N) is 1. The molecule has 27 heavy (non-hydrogen) atoms. The number of benzene rings is 1. The van der Waals surface area contributed by atoms with Gasteiger partial charge in [-0.3, -0.25) is 14.6 Å². The van der Waals surface area contributed by atoms with Crippen molar-refractivity contribution in [2.24, 2.45) is 0 Å². The molecular formula is C20H23ClN4O2. The number of halogens is 1. The Bertz CT molecular complexity index is 819. The molecular weight excluding hydrogens is 364 g/mol. The lowest BCUT2D eigenvalue weighted by molar-refractivity contribution is 0.0746. The van der Waals surface area contributed by atoms with Crippen LogP contribution in [0, 0.1) is 0 Å². The highest BCUT2D eigenvalue weighted by Gasteiger charge is 2.23. The van der Waals surface area contributed by atoms with Gasteiger partial charge >= 0.3 is 0 Å². The average Bonchev–Trinajstić information content (AvgIpc) is 2.71. The van der Waals surface area contributed by atoms with Gasteiger partial charge in [0.1, 0.15) is 5.69 Å². The molecule has 6 nitrogen and oxygen atoms in total. The third-order valence-corrected chi connectivity index (χ3v) is 4.75. The second-order valence-corrected chi connectivity index (χ2v) is 6.88. The number of hydrogen-bond acceptors (Lipinski definition) is 4. The molecule has 2 heterocycles. The second-order valence-electron chi connectivity index (χ2n) is 6.44. The fraction of sp³-hybridized carbons (Fsp3) is 0.350. The maximum atomic E-state index is 12.8. The molecule has 0 aliphatic carbocycles. The van der Waals surface area contributed by atoms with E-state index in [1.54, 1.807) is 12.1 Å². The molecule has 2 aromatic rings. The lowest BCUT2D eigenvalue weighted by atomic mass is 10.1. The lowest BCUT2D eigenvalue weighted by Crippen LogP contribution is -2.48. The summed E-state index contributed by atoms with van der Waals surface area (Å²) >= 11 is 6.07. The monoisotopic (exact) mass is 386 g/mol. The van der Waals surface area contributed by atoms with Crippen molar-refractivity contribution in [1.82, 2.24) is 15.2 Å². The van der Waals surface area contributed by atoms with Crippen LogP contribution in [0.1, 0.15) is 34.2 Å². The molecule has 0 bridgehead atoms. The molecule has 0 spiro atoms. The number of anilines is 1.